The molecule has 0 amide bonds. The number of ether oxygens (including phenoxy) is 3. The molecule has 8 heteroatoms. The number of likely N-dealkylation sites (N-methyl/N-ethyl adjacent to an activating group) is 1. The number of nitrogens with zero attached hydrogens (tertiary/aromatic N) is 1. The summed E-state index contributed by atoms with van der Waals surface area (Å²) in [5, 5.41) is 11.6. The lowest BCUT2D eigenvalue weighted by atomic mass is 10.0. The summed E-state index contributed by atoms with van der Waals surface area (Å²) in [6, 6.07) is -0.722. The third-order valence-corrected chi connectivity index (χ3v) is 11.4. The summed E-state index contributed by atoms with van der Waals surface area (Å²) in [4.78, 5) is 36.9. The largest absolute Gasteiger partial charge is 0.544 e. The lowest BCUT2D eigenvalue weighted by Gasteiger charge is -2.34. The molecule has 0 rings (SSSR count). The molecular formula is C50H95NO7. The number of allylic oxidation sites excluding steroid dienone is 2. The molecule has 0 heterocycles. The molecule has 0 aliphatic heterocycles. The molecule has 0 aromatic rings. The van der Waals surface area contributed by atoms with Gasteiger partial charge in [0.15, 0.2) is 6.10 Å². The van der Waals surface area contributed by atoms with Crippen molar-refractivity contribution in [3.8, 4) is 0 Å². The van der Waals surface area contributed by atoms with Gasteiger partial charge in [0.2, 0.25) is 0 Å². The molecule has 342 valence electrons. The molecule has 0 aliphatic carbocycles. The number of quaternary nitrogens is 1. The molecule has 0 spiro atoms. The highest BCUT2D eigenvalue weighted by Crippen LogP contribution is 2.16. The summed E-state index contributed by atoms with van der Waals surface area (Å²) >= 11 is 0. The van der Waals surface area contributed by atoms with Crippen LogP contribution in [0.1, 0.15) is 239 Å². The van der Waals surface area contributed by atoms with Crippen molar-refractivity contribution in [2.45, 2.75) is 251 Å². The molecule has 0 aromatic heterocycles. The zero-order chi connectivity index (χ0) is 42.8. The Morgan fingerprint density at radius 2 is 0.862 bits per heavy atom. The maximum absolute atomic E-state index is 12.7. The van der Waals surface area contributed by atoms with Gasteiger partial charge in [-0.2, -0.15) is 0 Å². The zero-order valence-corrected chi connectivity index (χ0v) is 39.0. The average Bonchev–Trinajstić information content (AvgIpc) is 3.18. The molecular weight excluding hydrogens is 727 g/mol. The number of unbranched alkanes of at least 4 members (excludes halogenated alkanes) is 29. The van der Waals surface area contributed by atoms with E-state index in [1.165, 1.54) is 167 Å². The van der Waals surface area contributed by atoms with Crippen molar-refractivity contribution in [1.29, 1.82) is 0 Å². The third kappa shape index (κ3) is 39.5. The van der Waals surface area contributed by atoms with Crippen LogP contribution in [0.15, 0.2) is 12.2 Å². The minimum atomic E-state index is -1.12. The second-order valence-corrected chi connectivity index (χ2v) is 18.1. The lowest BCUT2D eigenvalue weighted by Crippen LogP contribution is -2.55. The van der Waals surface area contributed by atoms with E-state index in [0.717, 1.165) is 38.5 Å². The highest BCUT2D eigenvalue weighted by molar-refractivity contribution is 5.70. The predicted octanol–water partition coefficient (Wildman–Crippen LogP) is 12.5. The monoisotopic (exact) mass is 822 g/mol. The van der Waals surface area contributed by atoms with Crippen LogP contribution < -0.4 is 5.11 Å². The summed E-state index contributed by atoms with van der Waals surface area (Å²) in [5.74, 6) is -1.72. The van der Waals surface area contributed by atoms with E-state index < -0.39 is 18.1 Å². The normalized spacial score (nSPS) is 12.9. The van der Waals surface area contributed by atoms with Crippen molar-refractivity contribution in [1.82, 2.24) is 0 Å². The van der Waals surface area contributed by atoms with Crippen molar-refractivity contribution in [2.24, 2.45) is 0 Å². The Kier molecular flexibility index (Phi) is 40.4. The molecule has 0 N–H and O–H groups in total. The molecule has 0 saturated carbocycles. The average molecular weight is 822 g/mol. The van der Waals surface area contributed by atoms with Crippen LogP contribution in [0.3, 0.4) is 0 Å². The van der Waals surface area contributed by atoms with Gasteiger partial charge < -0.3 is 28.6 Å². The van der Waals surface area contributed by atoms with E-state index in [9.17, 15) is 19.5 Å². The number of esters is 2. The molecule has 0 radical (unpaired) electrons. The molecule has 2 unspecified atom stereocenters. The van der Waals surface area contributed by atoms with Crippen molar-refractivity contribution < 1.29 is 38.2 Å². The van der Waals surface area contributed by atoms with Gasteiger partial charge in [0.25, 0.3) is 0 Å². The summed E-state index contributed by atoms with van der Waals surface area (Å²) in [5.41, 5.74) is 0. The Balaban J connectivity index is 4.22. The number of aliphatic carboxylic acids is 1. The molecule has 0 bridgehead atoms. The fourth-order valence-electron chi connectivity index (χ4n) is 7.54. The minimum Gasteiger partial charge on any atom is -0.544 e. The first-order chi connectivity index (χ1) is 28.1. The number of carboxylic acid groups (broad SMARTS) is 1. The first-order valence-electron chi connectivity index (χ1n) is 24.7. The van der Waals surface area contributed by atoms with Crippen molar-refractivity contribution in [2.75, 3.05) is 41.0 Å². The van der Waals surface area contributed by atoms with Crippen LogP contribution in [0.4, 0.5) is 0 Å². The molecule has 0 aromatic carbocycles. The van der Waals surface area contributed by atoms with Crippen LogP contribution in [0.25, 0.3) is 0 Å². The van der Waals surface area contributed by atoms with Crippen LogP contribution in [0.5, 0.6) is 0 Å². The Labute approximate surface area is 359 Å². The summed E-state index contributed by atoms with van der Waals surface area (Å²) < 4.78 is 17.2. The summed E-state index contributed by atoms with van der Waals surface area (Å²) in [7, 11) is 5.42. The van der Waals surface area contributed by atoms with Gasteiger partial charge in [0.05, 0.1) is 40.3 Å². The van der Waals surface area contributed by atoms with Crippen LogP contribution in [0, 0.1) is 0 Å². The minimum absolute atomic E-state index is 0.0449. The highest BCUT2D eigenvalue weighted by Gasteiger charge is 2.25. The Morgan fingerprint density at radius 1 is 0.500 bits per heavy atom. The third-order valence-electron chi connectivity index (χ3n) is 11.4. The van der Waals surface area contributed by atoms with E-state index in [0.29, 0.717) is 12.8 Å². The first kappa shape index (κ1) is 56.1. The number of carbonyl (C=O) groups excluding carboxylic acids is 3. The van der Waals surface area contributed by atoms with Gasteiger partial charge in [-0.25, -0.2) is 0 Å². The van der Waals surface area contributed by atoms with E-state index in [2.05, 4.69) is 26.0 Å². The Hall–Kier alpha value is -1.93. The number of rotatable bonds is 45. The van der Waals surface area contributed by atoms with E-state index in [1.807, 2.05) is 0 Å². The Morgan fingerprint density at radius 3 is 1.26 bits per heavy atom. The zero-order valence-electron chi connectivity index (χ0n) is 39.0. The van der Waals surface area contributed by atoms with Gasteiger partial charge in [-0.05, 0) is 38.5 Å². The van der Waals surface area contributed by atoms with Crippen molar-refractivity contribution in [3.63, 3.8) is 0 Å². The summed E-state index contributed by atoms with van der Waals surface area (Å²) in [6.45, 7) is 4.69. The van der Waals surface area contributed by atoms with Crippen LogP contribution in [-0.2, 0) is 28.6 Å². The standard InChI is InChI=1S/C50H95NO7/c1-6-8-10-12-14-16-18-20-22-23-24-25-27-28-30-32-34-36-38-40-48(52)57-45-46(44-56-43-42-47(50(54)55)51(3,4)5)58-49(53)41-39-37-35-33-31-29-26-21-19-17-15-13-11-9-7-2/h17,19,46-47H,6-16,18,20-45H2,1-5H3/b19-17+. The molecule has 0 fully saturated rings. The van der Waals surface area contributed by atoms with E-state index in [-0.39, 0.29) is 42.7 Å². The highest BCUT2D eigenvalue weighted by atomic mass is 16.6. The maximum atomic E-state index is 12.7. The number of carbonyl (C=O) groups is 3. The van der Waals surface area contributed by atoms with E-state index in [4.69, 9.17) is 14.2 Å². The van der Waals surface area contributed by atoms with Gasteiger partial charge in [-0.3, -0.25) is 9.59 Å². The van der Waals surface area contributed by atoms with E-state index >= 15 is 0 Å². The fourth-order valence-corrected chi connectivity index (χ4v) is 7.54. The molecule has 0 aliphatic rings. The maximum Gasteiger partial charge on any atom is 0.306 e. The fraction of sp³-hybridized carbons (Fsp3) is 0.900. The van der Waals surface area contributed by atoms with Gasteiger partial charge in [0, 0.05) is 19.3 Å². The van der Waals surface area contributed by atoms with Gasteiger partial charge >= 0.3 is 11.9 Å². The smallest absolute Gasteiger partial charge is 0.306 e. The van der Waals surface area contributed by atoms with Crippen molar-refractivity contribution >= 4 is 17.9 Å². The lowest BCUT2D eigenvalue weighted by molar-refractivity contribution is -0.889. The first-order valence-corrected chi connectivity index (χ1v) is 24.7. The van der Waals surface area contributed by atoms with Gasteiger partial charge in [0.1, 0.15) is 12.6 Å². The van der Waals surface area contributed by atoms with Crippen molar-refractivity contribution in [3.05, 3.63) is 12.2 Å². The molecule has 2 atom stereocenters. The number of hydrogen-bond donors (Lipinski definition) is 0. The quantitative estimate of drug-likeness (QED) is 0.0261. The number of carboxylic acids is 1. The second-order valence-electron chi connectivity index (χ2n) is 18.1. The molecule has 58 heavy (non-hydrogen) atoms. The second kappa shape index (κ2) is 41.8. The Bertz CT molecular complexity index is 962. The predicted molar refractivity (Wildman–Crippen MR) is 241 cm³/mol. The van der Waals surface area contributed by atoms with Gasteiger partial charge in [-0.15, -0.1) is 0 Å². The van der Waals surface area contributed by atoms with Crippen LogP contribution >= 0.6 is 0 Å². The number of hydrogen-bond acceptors (Lipinski definition) is 7. The molecule has 0 saturated heterocycles. The van der Waals surface area contributed by atoms with Gasteiger partial charge in [-0.1, -0.05) is 193 Å². The topological polar surface area (TPSA) is 102 Å². The van der Waals surface area contributed by atoms with Crippen LogP contribution in [-0.4, -0.2) is 75.5 Å². The van der Waals surface area contributed by atoms with E-state index in [1.54, 1.807) is 21.1 Å². The summed E-state index contributed by atoms with van der Waals surface area (Å²) in [6.07, 6.45) is 45.2. The van der Waals surface area contributed by atoms with Crippen LogP contribution in [0.2, 0.25) is 0 Å². The SMILES string of the molecule is CCCCCC/C=C/CCCCCCCCCC(=O)OC(COCCC(C(=O)[O-])[N+](C)(C)C)COC(=O)CCCCCCCCCCCCCCCCCCCCC. The molecule has 8 nitrogen and oxygen atoms in total.